The van der Waals surface area contributed by atoms with Gasteiger partial charge >= 0.3 is 0 Å². The summed E-state index contributed by atoms with van der Waals surface area (Å²) in [6.45, 7) is 1.67. The highest BCUT2D eigenvalue weighted by atomic mass is 16.3. The minimum atomic E-state index is -0.405. The Kier molecular flexibility index (Phi) is 6.15. The van der Waals surface area contributed by atoms with Gasteiger partial charge < -0.3 is 10.4 Å². The van der Waals surface area contributed by atoms with E-state index >= 15 is 0 Å². The predicted molar refractivity (Wildman–Crippen MR) is 91.3 cm³/mol. The molecule has 0 unspecified atom stereocenters. The average Bonchev–Trinajstić information content (AvgIpc) is 2.76. The smallest absolute Gasteiger partial charge is 0.234 e. The Morgan fingerprint density at radius 1 is 1.21 bits per heavy atom. The molecule has 0 aromatic carbocycles. The van der Waals surface area contributed by atoms with Crippen LogP contribution in [-0.4, -0.2) is 57.7 Å². The molecule has 1 aliphatic heterocycles. The van der Waals surface area contributed by atoms with E-state index < -0.39 is 6.10 Å². The third kappa shape index (κ3) is 4.98. The molecule has 2 aliphatic rings. The third-order valence-corrected chi connectivity index (χ3v) is 5.16. The molecule has 1 aromatic rings. The third-order valence-electron chi connectivity index (χ3n) is 5.16. The van der Waals surface area contributed by atoms with Crippen molar-refractivity contribution in [2.24, 2.45) is 5.92 Å². The van der Waals surface area contributed by atoms with Gasteiger partial charge in [0.15, 0.2) is 0 Å². The number of hydrogen-bond donors (Lipinski definition) is 2. The molecule has 2 heterocycles. The Labute approximate surface area is 143 Å². The topological polar surface area (TPSA) is 78.4 Å². The summed E-state index contributed by atoms with van der Waals surface area (Å²) in [6, 6.07) is 0.336. The number of rotatable bonds is 5. The van der Waals surface area contributed by atoms with E-state index in [4.69, 9.17) is 0 Å². The van der Waals surface area contributed by atoms with Crippen LogP contribution in [0.15, 0.2) is 18.6 Å². The highest BCUT2D eigenvalue weighted by molar-refractivity contribution is 5.78. The first-order chi connectivity index (χ1) is 11.7. The van der Waals surface area contributed by atoms with Crippen molar-refractivity contribution < 1.29 is 9.90 Å². The van der Waals surface area contributed by atoms with Crippen molar-refractivity contribution in [1.82, 2.24) is 20.2 Å². The minimum Gasteiger partial charge on any atom is -0.391 e. The van der Waals surface area contributed by atoms with E-state index in [1.54, 1.807) is 18.6 Å². The summed E-state index contributed by atoms with van der Waals surface area (Å²) in [5.74, 6) is 0.210. The maximum Gasteiger partial charge on any atom is 0.234 e. The number of carbonyl (C=O) groups excluding carboxylic acids is 1. The number of carbonyl (C=O) groups is 1. The summed E-state index contributed by atoms with van der Waals surface area (Å²) in [5, 5.41) is 13.5. The Morgan fingerprint density at radius 2 is 2.00 bits per heavy atom. The van der Waals surface area contributed by atoms with Gasteiger partial charge in [-0.15, -0.1) is 0 Å². The molecule has 1 saturated heterocycles. The second-order valence-corrected chi connectivity index (χ2v) is 7.18. The van der Waals surface area contributed by atoms with E-state index in [1.165, 1.54) is 25.7 Å². The van der Waals surface area contributed by atoms with Gasteiger partial charge in [0.25, 0.3) is 0 Å². The van der Waals surface area contributed by atoms with Gasteiger partial charge in [-0.3, -0.25) is 19.7 Å². The van der Waals surface area contributed by atoms with Crippen LogP contribution in [0.5, 0.6) is 0 Å². The van der Waals surface area contributed by atoms with Crippen LogP contribution in [0, 0.1) is 5.92 Å². The average molecular weight is 332 g/mol. The maximum atomic E-state index is 12.3. The largest absolute Gasteiger partial charge is 0.391 e. The molecule has 1 aromatic heterocycles. The molecule has 2 N–H and O–H groups in total. The van der Waals surface area contributed by atoms with Gasteiger partial charge in [-0.1, -0.05) is 25.7 Å². The Hall–Kier alpha value is -1.53. The Bertz CT molecular complexity index is 517. The van der Waals surface area contributed by atoms with Crippen LogP contribution in [0.2, 0.25) is 0 Å². The van der Waals surface area contributed by atoms with Gasteiger partial charge in [0.2, 0.25) is 5.91 Å². The zero-order valence-electron chi connectivity index (χ0n) is 14.2. The fraction of sp³-hybridized carbons (Fsp3) is 0.722. The second-order valence-electron chi connectivity index (χ2n) is 7.18. The van der Waals surface area contributed by atoms with Crippen LogP contribution in [0.3, 0.4) is 0 Å². The summed E-state index contributed by atoms with van der Waals surface area (Å²) in [4.78, 5) is 22.7. The monoisotopic (exact) mass is 332 g/mol. The van der Waals surface area contributed by atoms with Gasteiger partial charge in [0.05, 0.1) is 18.3 Å². The molecule has 0 radical (unpaired) electrons. The maximum absolute atomic E-state index is 12.3. The van der Waals surface area contributed by atoms with Crippen LogP contribution in [0.4, 0.5) is 0 Å². The van der Waals surface area contributed by atoms with Gasteiger partial charge in [-0.05, 0) is 19.3 Å². The van der Waals surface area contributed by atoms with Gasteiger partial charge in [-0.2, -0.15) is 0 Å². The first-order valence-electron chi connectivity index (χ1n) is 9.15. The van der Waals surface area contributed by atoms with Crippen LogP contribution in [0.1, 0.15) is 44.2 Å². The molecular formula is C18H28N4O2. The van der Waals surface area contributed by atoms with E-state index in [9.17, 15) is 9.90 Å². The molecule has 2 atom stereocenters. The van der Waals surface area contributed by atoms with Crippen molar-refractivity contribution in [3.63, 3.8) is 0 Å². The van der Waals surface area contributed by atoms with Crippen LogP contribution in [-0.2, 0) is 11.2 Å². The number of likely N-dealkylation sites (tertiary alicyclic amines) is 1. The van der Waals surface area contributed by atoms with Crippen molar-refractivity contribution in [2.45, 2.75) is 57.1 Å². The number of nitrogens with zero attached hydrogens (tertiary/aromatic N) is 3. The molecule has 6 heteroatoms. The van der Waals surface area contributed by atoms with Crippen molar-refractivity contribution in [3.05, 3.63) is 24.3 Å². The Morgan fingerprint density at radius 3 is 2.71 bits per heavy atom. The molecule has 3 rings (SSSR count). The number of aliphatic hydroxyl groups excluding tert-OH is 1. The number of nitrogens with one attached hydrogen (secondary N) is 1. The van der Waals surface area contributed by atoms with Crippen LogP contribution >= 0.6 is 0 Å². The van der Waals surface area contributed by atoms with Crippen molar-refractivity contribution in [1.29, 1.82) is 0 Å². The van der Waals surface area contributed by atoms with Crippen LogP contribution < -0.4 is 5.32 Å². The van der Waals surface area contributed by atoms with E-state index in [0.717, 1.165) is 25.1 Å². The van der Waals surface area contributed by atoms with Crippen molar-refractivity contribution >= 4 is 5.91 Å². The SMILES string of the molecule is O=C(CN1C[C@@H](Cc2cnccn2)[C@H](O)C1)NC1CCCCCC1. The van der Waals surface area contributed by atoms with Gasteiger partial charge in [-0.25, -0.2) is 0 Å². The molecule has 24 heavy (non-hydrogen) atoms. The van der Waals surface area contributed by atoms with E-state index in [-0.39, 0.29) is 11.8 Å². The number of aliphatic hydroxyl groups is 1. The lowest BCUT2D eigenvalue weighted by molar-refractivity contribution is -0.122. The van der Waals surface area contributed by atoms with E-state index in [1.807, 2.05) is 0 Å². The number of hydrogen-bond acceptors (Lipinski definition) is 5. The molecule has 1 aliphatic carbocycles. The molecule has 0 spiro atoms. The summed E-state index contributed by atoms with van der Waals surface area (Å²) in [6.07, 6.45) is 12.6. The minimum absolute atomic E-state index is 0.0919. The zero-order valence-corrected chi connectivity index (χ0v) is 14.2. The quantitative estimate of drug-likeness (QED) is 0.791. The summed E-state index contributed by atoms with van der Waals surface area (Å²) in [7, 11) is 0. The first kappa shape index (κ1) is 17.3. The normalized spacial score (nSPS) is 26.2. The van der Waals surface area contributed by atoms with Gasteiger partial charge in [0.1, 0.15) is 0 Å². The highest BCUT2D eigenvalue weighted by Crippen LogP contribution is 2.21. The standard InChI is InChI=1S/C18H28N4O2/c23-17-12-22(11-14(17)9-16-10-19-7-8-20-16)13-18(24)21-15-5-3-1-2-4-6-15/h7-8,10,14-15,17,23H,1-6,9,11-13H2,(H,21,24)/t14-,17-/m1/s1. The number of amides is 1. The fourth-order valence-electron chi connectivity index (χ4n) is 3.88. The summed E-state index contributed by atoms with van der Waals surface area (Å²) >= 11 is 0. The lowest BCUT2D eigenvalue weighted by Gasteiger charge is -2.19. The molecule has 132 valence electrons. The van der Waals surface area contributed by atoms with Crippen molar-refractivity contribution in [3.8, 4) is 0 Å². The molecule has 0 bridgehead atoms. The molecule has 1 amide bonds. The first-order valence-corrected chi connectivity index (χ1v) is 9.15. The van der Waals surface area contributed by atoms with E-state index in [2.05, 4.69) is 20.2 Å². The number of aromatic nitrogens is 2. The summed E-state index contributed by atoms with van der Waals surface area (Å²) in [5.41, 5.74) is 0.895. The lowest BCUT2D eigenvalue weighted by atomic mass is 10.0. The Balaban J connectivity index is 1.45. The van der Waals surface area contributed by atoms with Gasteiger partial charge in [0, 0.05) is 43.6 Å². The highest BCUT2D eigenvalue weighted by Gasteiger charge is 2.32. The van der Waals surface area contributed by atoms with E-state index in [0.29, 0.717) is 25.6 Å². The lowest BCUT2D eigenvalue weighted by Crippen LogP contribution is -2.41. The van der Waals surface area contributed by atoms with Crippen LogP contribution in [0.25, 0.3) is 0 Å². The fourth-order valence-corrected chi connectivity index (χ4v) is 3.88. The van der Waals surface area contributed by atoms with Crippen molar-refractivity contribution in [2.75, 3.05) is 19.6 Å². The molecular weight excluding hydrogens is 304 g/mol. The second kappa shape index (κ2) is 8.53. The molecule has 6 nitrogen and oxygen atoms in total. The number of β-amino-alcohol motifs (C(OH)–C–C–N with tert-alkyl or cyclic N) is 1. The zero-order chi connectivity index (χ0) is 16.8. The molecule has 1 saturated carbocycles. The summed E-state index contributed by atoms with van der Waals surface area (Å²) < 4.78 is 0. The predicted octanol–water partition coefficient (Wildman–Crippen LogP) is 1.15. The molecule has 2 fully saturated rings.